The minimum absolute atomic E-state index is 0.0657. The van der Waals surface area contributed by atoms with E-state index in [2.05, 4.69) is 129 Å². The second-order valence-corrected chi connectivity index (χ2v) is 17.9. The van der Waals surface area contributed by atoms with Gasteiger partial charge in [-0.3, -0.25) is 18.6 Å². The Morgan fingerprint density at radius 2 is 0.877 bits per heavy atom. The molecule has 9 nitrogen and oxygen atoms in total. The van der Waals surface area contributed by atoms with Gasteiger partial charge in [0, 0.05) is 19.4 Å². The maximum Gasteiger partial charge on any atom is 0.472 e. The minimum Gasteiger partial charge on any atom is -0.463 e. The topological polar surface area (TPSA) is 131 Å². The molecule has 0 aliphatic rings. The number of carbonyl (C=O) groups excluding carboxylic acids is 2. The Morgan fingerprint density at radius 3 is 1.32 bits per heavy atom. The first-order valence-electron chi connectivity index (χ1n) is 25.4. The van der Waals surface area contributed by atoms with Crippen molar-refractivity contribution in [2.75, 3.05) is 26.4 Å². The van der Waals surface area contributed by atoms with Gasteiger partial charge in [-0.2, -0.15) is 0 Å². The van der Waals surface area contributed by atoms with Crippen LogP contribution in [0.25, 0.3) is 0 Å². The molecule has 0 aromatic heterocycles. The number of ether oxygens (including phenoxy) is 1. The zero-order valence-corrected chi connectivity index (χ0v) is 41.8. The van der Waals surface area contributed by atoms with E-state index in [1.807, 2.05) is 0 Å². The van der Waals surface area contributed by atoms with Crippen molar-refractivity contribution in [1.82, 2.24) is 5.32 Å². The Hall–Kier alpha value is -3.33. The van der Waals surface area contributed by atoms with Crippen LogP contribution < -0.4 is 5.32 Å². The van der Waals surface area contributed by atoms with Gasteiger partial charge in [0.05, 0.1) is 13.2 Å². The maximum absolute atomic E-state index is 12.2. The molecule has 0 heterocycles. The minimum atomic E-state index is -4.44. The number of phosphoric ester groups is 1. The number of esters is 1. The van der Waals surface area contributed by atoms with Gasteiger partial charge in [0.2, 0.25) is 5.91 Å². The first-order valence-corrected chi connectivity index (χ1v) is 26.9. The standard InChI is InChI=1S/C55H92NO8P/c1-3-5-7-9-11-13-15-17-19-21-23-25-26-28-29-31-33-35-37-39-41-43-45-47-54(58)56-49-50-63-65(60,61)64-52-53(57)51-62-55(59)48-46-44-42-40-38-36-34-32-30-27-24-22-20-18-16-14-12-10-8-6-4-2/h5,7,11-14,17-20,23-25,27-29,32,34,53,57H,3-4,6,8-10,15-16,21-22,26,30-31,33,35-52H2,1-2H3,(H,56,58)(H,60,61)/b7-5-,13-11-,14-12-,19-17-,20-18-,25-23-,27-24-,29-28-,34-32-. The summed E-state index contributed by atoms with van der Waals surface area (Å²) in [5, 5.41) is 12.7. The molecule has 65 heavy (non-hydrogen) atoms. The molecule has 0 fully saturated rings. The molecule has 2 atom stereocenters. The van der Waals surface area contributed by atoms with Gasteiger partial charge in [-0.15, -0.1) is 0 Å². The van der Waals surface area contributed by atoms with E-state index in [1.165, 1.54) is 51.4 Å². The molecule has 0 radical (unpaired) electrons. The number of allylic oxidation sites excluding steroid dienone is 18. The molecule has 0 spiro atoms. The number of unbranched alkanes of at least 4 members (excludes halogenated alkanes) is 15. The largest absolute Gasteiger partial charge is 0.472 e. The lowest BCUT2D eigenvalue weighted by molar-refractivity contribution is -0.147. The summed E-state index contributed by atoms with van der Waals surface area (Å²) in [6.45, 7) is 3.37. The predicted octanol–water partition coefficient (Wildman–Crippen LogP) is 15.1. The zero-order valence-electron chi connectivity index (χ0n) is 40.9. The van der Waals surface area contributed by atoms with Gasteiger partial charge >= 0.3 is 13.8 Å². The van der Waals surface area contributed by atoms with E-state index >= 15 is 0 Å². The van der Waals surface area contributed by atoms with Crippen LogP contribution in [0, 0.1) is 0 Å². The molecule has 0 rings (SSSR count). The van der Waals surface area contributed by atoms with E-state index in [0.29, 0.717) is 12.8 Å². The lowest BCUT2D eigenvalue weighted by atomic mass is 10.1. The summed E-state index contributed by atoms with van der Waals surface area (Å²) in [7, 11) is -4.44. The van der Waals surface area contributed by atoms with Crippen molar-refractivity contribution >= 4 is 19.7 Å². The molecule has 2 unspecified atom stereocenters. The van der Waals surface area contributed by atoms with Gasteiger partial charge in [-0.05, 0) is 103 Å². The molecule has 3 N–H and O–H groups in total. The SMILES string of the molecule is CC/C=C\C/C=C\C/C=C\C/C=C\C/C=C\CCCCCCCCCC(=O)NCCOP(=O)(O)OCC(O)COC(=O)CCCCCCC/C=C\C/C=C\C/C=C\C/C=C\CCCCC. The van der Waals surface area contributed by atoms with Gasteiger partial charge in [0.1, 0.15) is 12.7 Å². The number of hydrogen-bond donors (Lipinski definition) is 3. The lowest BCUT2D eigenvalue weighted by Crippen LogP contribution is -2.27. The van der Waals surface area contributed by atoms with Crippen molar-refractivity contribution in [3.63, 3.8) is 0 Å². The van der Waals surface area contributed by atoms with Crippen molar-refractivity contribution in [2.45, 2.75) is 200 Å². The van der Waals surface area contributed by atoms with Crippen molar-refractivity contribution in [3.05, 3.63) is 109 Å². The first-order chi connectivity index (χ1) is 31.8. The van der Waals surface area contributed by atoms with Crippen LogP contribution in [-0.4, -0.2) is 54.3 Å². The average Bonchev–Trinajstić information content (AvgIpc) is 3.29. The van der Waals surface area contributed by atoms with Crippen LogP contribution >= 0.6 is 7.82 Å². The number of aliphatic hydroxyl groups is 1. The average molecular weight is 926 g/mol. The Bertz CT molecular complexity index is 1430. The van der Waals surface area contributed by atoms with Crippen LogP contribution in [0.15, 0.2) is 109 Å². The number of amides is 1. The van der Waals surface area contributed by atoms with Crippen LogP contribution in [0.3, 0.4) is 0 Å². The summed E-state index contributed by atoms with van der Waals surface area (Å²) in [6, 6.07) is 0. The Balaban J connectivity index is 3.66. The van der Waals surface area contributed by atoms with Gasteiger partial charge in [0.25, 0.3) is 0 Å². The summed E-state index contributed by atoms with van der Waals surface area (Å²) in [5.74, 6) is -0.553. The maximum atomic E-state index is 12.2. The molecule has 0 saturated heterocycles. The fourth-order valence-corrected chi connectivity index (χ4v) is 7.15. The third-order valence-corrected chi connectivity index (χ3v) is 11.2. The number of nitrogens with one attached hydrogen (secondary N) is 1. The molecule has 1 amide bonds. The van der Waals surface area contributed by atoms with E-state index in [0.717, 1.165) is 109 Å². The highest BCUT2D eigenvalue weighted by Gasteiger charge is 2.23. The highest BCUT2D eigenvalue weighted by atomic mass is 31.2. The first kappa shape index (κ1) is 61.7. The van der Waals surface area contributed by atoms with Crippen LogP contribution in [0.4, 0.5) is 0 Å². The molecule has 0 saturated carbocycles. The third-order valence-electron chi connectivity index (χ3n) is 10.2. The van der Waals surface area contributed by atoms with E-state index in [9.17, 15) is 24.2 Å². The monoisotopic (exact) mass is 926 g/mol. The van der Waals surface area contributed by atoms with Crippen molar-refractivity contribution in [2.24, 2.45) is 0 Å². The Labute approximate surface area is 397 Å². The summed E-state index contributed by atoms with van der Waals surface area (Å²) >= 11 is 0. The van der Waals surface area contributed by atoms with Crippen LogP contribution in [-0.2, 0) is 27.9 Å². The van der Waals surface area contributed by atoms with Gasteiger partial charge in [0.15, 0.2) is 0 Å². The van der Waals surface area contributed by atoms with Gasteiger partial charge < -0.3 is 20.1 Å². The highest BCUT2D eigenvalue weighted by Crippen LogP contribution is 2.42. The second-order valence-electron chi connectivity index (χ2n) is 16.4. The summed E-state index contributed by atoms with van der Waals surface area (Å²) in [6.07, 6.45) is 67.3. The molecule has 0 bridgehead atoms. The summed E-state index contributed by atoms with van der Waals surface area (Å²) in [5.41, 5.74) is 0. The van der Waals surface area contributed by atoms with Crippen LogP contribution in [0.5, 0.6) is 0 Å². The molecular weight excluding hydrogens is 834 g/mol. The molecular formula is C55H92NO8P. The van der Waals surface area contributed by atoms with Crippen LogP contribution in [0.1, 0.15) is 194 Å². The number of hydrogen-bond acceptors (Lipinski definition) is 7. The van der Waals surface area contributed by atoms with Crippen molar-refractivity contribution < 1.29 is 37.9 Å². The van der Waals surface area contributed by atoms with Crippen molar-refractivity contribution in [1.29, 1.82) is 0 Å². The Morgan fingerprint density at radius 1 is 0.492 bits per heavy atom. The molecule has 0 aromatic rings. The van der Waals surface area contributed by atoms with E-state index in [-0.39, 0.29) is 32.1 Å². The molecule has 0 aliphatic heterocycles. The number of carbonyl (C=O) groups is 2. The Kier molecular flexibility index (Phi) is 47.5. The fraction of sp³-hybridized carbons (Fsp3) is 0.636. The van der Waals surface area contributed by atoms with E-state index in [4.69, 9.17) is 13.8 Å². The fourth-order valence-electron chi connectivity index (χ4n) is 6.39. The molecule has 370 valence electrons. The summed E-state index contributed by atoms with van der Waals surface area (Å²) < 4.78 is 27.0. The molecule has 0 aliphatic carbocycles. The van der Waals surface area contributed by atoms with Gasteiger partial charge in [-0.1, -0.05) is 187 Å². The predicted molar refractivity (Wildman–Crippen MR) is 275 cm³/mol. The van der Waals surface area contributed by atoms with Crippen LogP contribution in [0.2, 0.25) is 0 Å². The summed E-state index contributed by atoms with van der Waals surface area (Å²) in [4.78, 5) is 34.1. The normalized spacial score (nSPS) is 14.1. The van der Waals surface area contributed by atoms with E-state index in [1.54, 1.807) is 0 Å². The van der Waals surface area contributed by atoms with Crippen molar-refractivity contribution in [3.8, 4) is 0 Å². The number of rotatable bonds is 46. The molecule has 10 heteroatoms. The quantitative estimate of drug-likeness (QED) is 0.0238. The second kappa shape index (κ2) is 50.1. The van der Waals surface area contributed by atoms with E-state index < -0.39 is 26.5 Å². The number of aliphatic hydroxyl groups excluding tert-OH is 1. The lowest BCUT2D eigenvalue weighted by Gasteiger charge is -2.15. The number of phosphoric acid groups is 1. The zero-order chi connectivity index (χ0) is 47.4. The third kappa shape index (κ3) is 51.5. The highest BCUT2D eigenvalue weighted by molar-refractivity contribution is 7.47. The smallest absolute Gasteiger partial charge is 0.463 e. The van der Waals surface area contributed by atoms with Gasteiger partial charge in [-0.25, -0.2) is 4.57 Å². The molecule has 0 aromatic carbocycles.